The van der Waals surface area contributed by atoms with Crippen molar-refractivity contribution in [2.45, 2.75) is 24.8 Å². The zero-order chi connectivity index (χ0) is 13.2. The molecule has 0 aromatic heterocycles. The van der Waals surface area contributed by atoms with Crippen molar-refractivity contribution < 1.29 is 19.4 Å². The van der Waals surface area contributed by atoms with Crippen LogP contribution in [0.25, 0.3) is 0 Å². The molecule has 6 heteroatoms. The Bertz CT molecular complexity index is 388. The summed E-state index contributed by atoms with van der Waals surface area (Å²) in [4.78, 5) is 24.5. The molecule has 2 N–H and O–H groups in total. The van der Waals surface area contributed by atoms with Crippen molar-refractivity contribution in [3.05, 3.63) is 11.6 Å². The number of nitrogens with zero attached hydrogens (tertiary/aromatic N) is 1. The number of methoxy groups -OCH3 is 1. The van der Waals surface area contributed by atoms with Crippen LogP contribution in [0.4, 0.5) is 4.79 Å². The Hall–Kier alpha value is -1.56. The average molecular weight is 254 g/mol. The lowest BCUT2D eigenvalue weighted by Crippen LogP contribution is -2.50. The molecule has 2 aliphatic rings. The van der Waals surface area contributed by atoms with E-state index in [1.165, 1.54) is 5.57 Å². The van der Waals surface area contributed by atoms with Gasteiger partial charge in [-0.2, -0.15) is 0 Å². The van der Waals surface area contributed by atoms with Gasteiger partial charge in [-0.05, 0) is 24.8 Å². The van der Waals surface area contributed by atoms with Gasteiger partial charge in [0.1, 0.15) is 5.54 Å². The van der Waals surface area contributed by atoms with Gasteiger partial charge in [0.25, 0.3) is 0 Å². The van der Waals surface area contributed by atoms with Crippen molar-refractivity contribution in [2.24, 2.45) is 0 Å². The fraction of sp³-hybridized carbons (Fsp3) is 0.667. The van der Waals surface area contributed by atoms with E-state index in [9.17, 15) is 9.59 Å². The van der Waals surface area contributed by atoms with Gasteiger partial charge in [-0.25, -0.2) is 9.59 Å². The van der Waals surface area contributed by atoms with Crippen LogP contribution in [0, 0.1) is 0 Å². The first-order valence-corrected chi connectivity index (χ1v) is 6.05. The highest BCUT2D eigenvalue weighted by atomic mass is 16.5. The lowest BCUT2D eigenvalue weighted by molar-refractivity contribution is -0.140. The van der Waals surface area contributed by atoms with E-state index in [1.54, 1.807) is 12.0 Å². The summed E-state index contributed by atoms with van der Waals surface area (Å²) in [6.45, 7) is 1.71. The van der Waals surface area contributed by atoms with Gasteiger partial charge in [-0.15, -0.1) is 0 Å². The van der Waals surface area contributed by atoms with Gasteiger partial charge >= 0.3 is 12.0 Å². The fourth-order valence-corrected chi connectivity index (χ4v) is 2.01. The predicted octanol–water partition coefficient (Wildman–Crippen LogP) is 0.592. The number of rotatable bonds is 4. The Labute approximate surface area is 106 Å². The Morgan fingerprint density at radius 3 is 2.72 bits per heavy atom. The second-order valence-electron chi connectivity index (χ2n) is 4.81. The normalized spacial score (nSPS) is 21.2. The molecule has 6 nitrogen and oxygen atoms in total. The maximum absolute atomic E-state index is 11.9. The maximum atomic E-state index is 11.9. The summed E-state index contributed by atoms with van der Waals surface area (Å²) in [7, 11) is 1.64. The zero-order valence-corrected chi connectivity index (χ0v) is 10.4. The molecule has 0 radical (unpaired) electrons. The molecule has 2 rings (SSSR count). The molecule has 1 fully saturated rings. The highest BCUT2D eigenvalue weighted by Crippen LogP contribution is 2.35. The highest BCUT2D eigenvalue weighted by Gasteiger charge is 2.52. The quantitative estimate of drug-likeness (QED) is 0.720. The van der Waals surface area contributed by atoms with Crippen molar-refractivity contribution in [1.82, 2.24) is 10.2 Å². The number of hydrogen-bond acceptors (Lipinski definition) is 3. The molecule has 2 amide bonds. The topological polar surface area (TPSA) is 78.9 Å². The van der Waals surface area contributed by atoms with Crippen molar-refractivity contribution >= 4 is 12.0 Å². The second kappa shape index (κ2) is 4.97. The number of carboxylic acid groups (broad SMARTS) is 1. The smallest absolute Gasteiger partial charge is 0.329 e. The summed E-state index contributed by atoms with van der Waals surface area (Å²) in [5.41, 5.74) is 0.175. The van der Waals surface area contributed by atoms with Gasteiger partial charge in [0.05, 0.1) is 6.61 Å². The van der Waals surface area contributed by atoms with Crippen LogP contribution in [0.3, 0.4) is 0 Å². The van der Waals surface area contributed by atoms with E-state index >= 15 is 0 Å². The number of aliphatic carboxylic acids is 1. The lowest BCUT2D eigenvalue weighted by atomic mass is 10.1. The number of amides is 2. The molecule has 0 aromatic carbocycles. The molecule has 1 aliphatic carbocycles. The molecule has 0 aromatic rings. The van der Waals surface area contributed by atoms with E-state index in [1.807, 2.05) is 6.08 Å². The number of nitrogens with one attached hydrogen (secondary N) is 1. The minimum absolute atomic E-state index is 0.289. The van der Waals surface area contributed by atoms with E-state index in [0.29, 0.717) is 32.5 Å². The van der Waals surface area contributed by atoms with Crippen LogP contribution < -0.4 is 5.32 Å². The standard InChI is InChI=1S/C12H18N2O4/c1-18-8-9-2-6-14(7-3-9)11(17)13-12(4-5-12)10(15)16/h2H,3-8H2,1H3,(H,13,17)(H,15,16). The maximum Gasteiger partial charge on any atom is 0.329 e. The number of ether oxygens (including phenoxy) is 1. The first-order valence-electron chi connectivity index (χ1n) is 6.05. The van der Waals surface area contributed by atoms with E-state index < -0.39 is 11.5 Å². The number of urea groups is 1. The van der Waals surface area contributed by atoms with Crippen LogP contribution in [-0.4, -0.2) is 54.4 Å². The molecule has 0 spiro atoms. The summed E-state index contributed by atoms with van der Waals surface area (Å²) >= 11 is 0. The molecule has 1 aliphatic heterocycles. The van der Waals surface area contributed by atoms with Crippen LogP contribution >= 0.6 is 0 Å². The number of carboxylic acids is 1. The minimum atomic E-state index is -1.01. The monoisotopic (exact) mass is 254 g/mol. The van der Waals surface area contributed by atoms with E-state index in [4.69, 9.17) is 9.84 Å². The molecule has 0 saturated heterocycles. The molecule has 0 unspecified atom stereocenters. The number of hydrogen-bond donors (Lipinski definition) is 2. The summed E-state index contributed by atoms with van der Waals surface area (Å²) in [6, 6.07) is -0.289. The fourth-order valence-electron chi connectivity index (χ4n) is 2.01. The van der Waals surface area contributed by atoms with Crippen LogP contribution in [0.5, 0.6) is 0 Å². The van der Waals surface area contributed by atoms with Gasteiger partial charge in [0.15, 0.2) is 0 Å². The molecule has 18 heavy (non-hydrogen) atoms. The molecule has 1 heterocycles. The van der Waals surface area contributed by atoms with Gasteiger partial charge in [-0.1, -0.05) is 6.08 Å². The third-order valence-electron chi connectivity index (χ3n) is 3.43. The first kappa shape index (κ1) is 12.9. The largest absolute Gasteiger partial charge is 0.480 e. The SMILES string of the molecule is COCC1=CCN(C(=O)NC2(C(=O)O)CC2)CC1. The Balaban J connectivity index is 1.87. The molecule has 1 saturated carbocycles. The number of carbonyl (C=O) groups excluding carboxylic acids is 1. The molecule has 0 bridgehead atoms. The van der Waals surface area contributed by atoms with Crippen LogP contribution in [-0.2, 0) is 9.53 Å². The van der Waals surface area contributed by atoms with E-state index in [0.717, 1.165) is 6.42 Å². The molecular weight excluding hydrogens is 236 g/mol. The second-order valence-corrected chi connectivity index (χ2v) is 4.81. The highest BCUT2D eigenvalue weighted by molar-refractivity contribution is 5.89. The Kier molecular flexibility index (Phi) is 3.56. The summed E-state index contributed by atoms with van der Waals surface area (Å²) in [5, 5.41) is 11.6. The summed E-state index contributed by atoms with van der Waals surface area (Å²) in [5.74, 6) is -0.941. The van der Waals surface area contributed by atoms with Gasteiger partial charge in [0.2, 0.25) is 0 Å². The van der Waals surface area contributed by atoms with Crippen molar-refractivity contribution in [3.63, 3.8) is 0 Å². The molecule has 0 atom stereocenters. The van der Waals surface area contributed by atoms with Crippen molar-refractivity contribution in [1.29, 1.82) is 0 Å². The van der Waals surface area contributed by atoms with Crippen molar-refractivity contribution in [2.75, 3.05) is 26.8 Å². The van der Waals surface area contributed by atoms with Gasteiger partial charge in [-0.3, -0.25) is 0 Å². The average Bonchev–Trinajstić information content (AvgIpc) is 3.11. The first-order chi connectivity index (χ1) is 8.57. The minimum Gasteiger partial charge on any atom is -0.480 e. The van der Waals surface area contributed by atoms with Gasteiger partial charge in [0, 0.05) is 20.2 Å². The van der Waals surface area contributed by atoms with E-state index in [-0.39, 0.29) is 6.03 Å². The summed E-state index contributed by atoms with van der Waals surface area (Å²) < 4.78 is 5.03. The van der Waals surface area contributed by atoms with Crippen LogP contribution in [0.2, 0.25) is 0 Å². The van der Waals surface area contributed by atoms with Gasteiger partial charge < -0.3 is 20.1 Å². The van der Waals surface area contributed by atoms with Crippen molar-refractivity contribution in [3.8, 4) is 0 Å². The number of carbonyl (C=O) groups is 2. The van der Waals surface area contributed by atoms with Crippen LogP contribution in [0.15, 0.2) is 11.6 Å². The Morgan fingerprint density at radius 1 is 1.56 bits per heavy atom. The van der Waals surface area contributed by atoms with E-state index in [2.05, 4.69) is 5.32 Å². The molecule has 100 valence electrons. The predicted molar refractivity (Wildman–Crippen MR) is 64.3 cm³/mol. The molecular formula is C12H18N2O4. The third-order valence-corrected chi connectivity index (χ3v) is 3.43. The Morgan fingerprint density at radius 2 is 2.28 bits per heavy atom. The summed E-state index contributed by atoms with van der Waals surface area (Å²) in [6.07, 6.45) is 3.79. The van der Waals surface area contributed by atoms with Crippen LogP contribution in [0.1, 0.15) is 19.3 Å². The lowest BCUT2D eigenvalue weighted by Gasteiger charge is -2.28. The third kappa shape index (κ3) is 2.64. The zero-order valence-electron chi connectivity index (χ0n) is 10.4.